The van der Waals surface area contributed by atoms with Crippen LogP contribution in [0.5, 0.6) is 17.2 Å². The molecule has 8 nitrogen and oxygen atoms in total. The molecule has 0 unspecified atom stereocenters. The fourth-order valence-corrected chi connectivity index (χ4v) is 2.67. The second kappa shape index (κ2) is 6.75. The Kier molecular flexibility index (Phi) is 4.14. The molecule has 0 fully saturated rings. The second-order valence-electron chi connectivity index (χ2n) is 5.71. The Balaban J connectivity index is 1.52. The van der Waals surface area contributed by atoms with E-state index < -0.39 is 5.91 Å². The van der Waals surface area contributed by atoms with Crippen LogP contribution in [0.4, 0.5) is 0 Å². The van der Waals surface area contributed by atoms with Gasteiger partial charge in [-0.05, 0) is 42.0 Å². The Labute approximate surface area is 149 Å². The first-order valence-corrected chi connectivity index (χ1v) is 7.97. The third-order valence-corrected chi connectivity index (χ3v) is 3.88. The predicted molar refractivity (Wildman–Crippen MR) is 91.8 cm³/mol. The number of aromatic nitrogens is 3. The standard InChI is InChI=1S/C18H16N4O4/c19-17(23)9-24-14-4-2-13(3-5-14)18-20-10-21-22(18)8-12-1-6-15-16(7-12)26-11-25-15/h1-7,10H,8-9,11H2,(H2,19,23). The van der Waals surface area contributed by atoms with Gasteiger partial charge in [-0.1, -0.05) is 6.07 Å². The summed E-state index contributed by atoms with van der Waals surface area (Å²) in [5, 5.41) is 4.30. The van der Waals surface area contributed by atoms with E-state index in [9.17, 15) is 4.79 Å². The SMILES string of the molecule is NC(=O)COc1ccc(-c2ncnn2Cc2ccc3c(c2)OCO3)cc1. The molecule has 4 rings (SSSR count). The second-order valence-corrected chi connectivity index (χ2v) is 5.71. The van der Waals surface area contributed by atoms with Gasteiger partial charge >= 0.3 is 0 Å². The summed E-state index contributed by atoms with van der Waals surface area (Å²) in [5.74, 6) is 2.26. The quantitative estimate of drug-likeness (QED) is 0.723. The fraction of sp³-hybridized carbons (Fsp3) is 0.167. The number of carbonyl (C=O) groups excluding carboxylic acids is 1. The lowest BCUT2D eigenvalue weighted by atomic mass is 10.2. The Bertz CT molecular complexity index is 937. The molecule has 26 heavy (non-hydrogen) atoms. The number of hydrogen-bond donors (Lipinski definition) is 1. The predicted octanol–water partition coefficient (Wildman–Crippen LogP) is 1.59. The monoisotopic (exact) mass is 352 g/mol. The van der Waals surface area contributed by atoms with Crippen molar-refractivity contribution in [3.8, 4) is 28.6 Å². The summed E-state index contributed by atoms with van der Waals surface area (Å²) in [7, 11) is 0. The van der Waals surface area contributed by atoms with Gasteiger partial charge in [-0.3, -0.25) is 4.79 Å². The number of nitrogens with two attached hydrogens (primary N) is 1. The van der Waals surface area contributed by atoms with E-state index in [0.29, 0.717) is 12.3 Å². The highest BCUT2D eigenvalue weighted by molar-refractivity contribution is 5.75. The number of primary amides is 1. The average molecular weight is 352 g/mol. The first-order chi connectivity index (χ1) is 12.7. The lowest BCUT2D eigenvalue weighted by molar-refractivity contribution is -0.119. The van der Waals surface area contributed by atoms with E-state index in [-0.39, 0.29) is 13.4 Å². The van der Waals surface area contributed by atoms with Crippen LogP contribution in [0.25, 0.3) is 11.4 Å². The van der Waals surface area contributed by atoms with Crippen molar-refractivity contribution in [2.75, 3.05) is 13.4 Å². The molecule has 0 radical (unpaired) electrons. The molecule has 2 N–H and O–H groups in total. The minimum atomic E-state index is -0.516. The molecule has 0 saturated heterocycles. The van der Waals surface area contributed by atoms with Gasteiger partial charge in [0.1, 0.15) is 12.1 Å². The molecule has 2 heterocycles. The highest BCUT2D eigenvalue weighted by Crippen LogP contribution is 2.33. The van der Waals surface area contributed by atoms with E-state index in [1.165, 1.54) is 6.33 Å². The van der Waals surface area contributed by atoms with Crippen molar-refractivity contribution in [3.05, 3.63) is 54.4 Å². The molecule has 0 aliphatic carbocycles. The zero-order valence-corrected chi connectivity index (χ0v) is 13.8. The molecule has 132 valence electrons. The van der Waals surface area contributed by atoms with Gasteiger partial charge in [0.15, 0.2) is 23.9 Å². The van der Waals surface area contributed by atoms with Crippen LogP contribution in [-0.4, -0.2) is 34.1 Å². The lowest BCUT2D eigenvalue weighted by Crippen LogP contribution is -2.19. The van der Waals surface area contributed by atoms with Crippen LogP contribution in [0, 0.1) is 0 Å². The molecule has 1 aromatic heterocycles. The van der Waals surface area contributed by atoms with Crippen LogP contribution in [0.3, 0.4) is 0 Å². The number of benzene rings is 2. The van der Waals surface area contributed by atoms with Gasteiger partial charge in [-0.2, -0.15) is 5.10 Å². The van der Waals surface area contributed by atoms with Gasteiger partial charge in [0.25, 0.3) is 5.91 Å². The normalized spacial score (nSPS) is 12.2. The van der Waals surface area contributed by atoms with E-state index >= 15 is 0 Å². The van der Waals surface area contributed by atoms with E-state index in [4.69, 9.17) is 19.9 Å². The summed E-state index contributed by atoms with van der Waals surface area (Å²) in [6.07, 6.45) is 1.51. The number of rotatable bonds is 6. The molecule has 1 aliphatic heterocycles. The number of hydrogen-bond acceptors (Lipinski definition) is 6. The van der Waals surface area contributed by atoms with Crippen LogP contribution >= 0.6 is 0 Å². The van der Waals surface area contributed by atoms with Gasteiger partial charge < -0.3 is 19.9 Å². The van der Waals surface area contributed by atoms with Crippen LogP contribution in [-0.2, 0) is 11.3 Å². The number of fused-ring (bicyclic) bond motifs is 1. The van der Waals surface area contributed by atoms with Crippen molar-refractivity contribution in [1.29, 1.82) is 0 Å². The van der Waals surface area contributed by atoms with Crippen LogP contribution < -0.4 is 19.9 Å². The van der Waals surface area contributed by atoms with Gasteiger partial charge in [0.05, 0.1) is 6.54 Å². The molecule has 8 heteroatoms. The number of ether oxygens (including phenoxy) is 3. The van der Waals surface area contributed by atoms with E-state index in [1.54, 1.807) is 16.8 Å². The summed E-state index contributed by atoms with van der Waals surface area (Å²) in [4.78, 5) is 15.1. The largest absolute Gasteiger partial charge is 0.484 e. The first kappa shape index (κ1) is 15.9. The lowest BCUT2D eigenvalue weighted by Gasteiger charge is -2.08. The molecule has 0 spiro atoms. The summed E-state index contributed by atoms with van der Waals surface area (Å²) in [6.45, 7) is 0.642. The third kappa shape index (κ3) is 3.30. The van der Waals surface area contributed by atoms with Gasteiger partial charge in [0, 0.05) is 5.56 Å². The summed E-state index contributed by atoms with van der Waals surface area (Å²) in [6, 6.07) is 13.0. The topological polar surface area (TPSA) is 101 Å². The van der Waals surface area contributed by atoms with Crippen molar-refractivity contribution in [2.24, 2.45) is 5.73 Å². The van der Waals surface area contributed by atoms with E-state index in [0.717, 1.165) is 28.5 Å². The maximum atomic E-state index is 10.8. The smallest absolute Gasteiger partial charge is 0.255 e. The molecule has 0 atom stereocenters. The summed E-state index contributed by atoms with van der Waals surface area (Å²) in [5.41, 5.74) is 6.99. The van der Waals surface area contributed by atoms with Crippen molar-refractivity contribution >= 4 is 5.91 Å². The maximum Gasteiger partial charge on any atom is 0.255 e. The highest BCUT2D eigenvalue weighted by atomic mass is 16.7. The molecular weight excluding hydrogens is 336 g/mol. The van der Waals surface area contributed by atoms with Crippen molar-refractivity contribution < 1.29 is 19.0 Å². The average Bonchev–Trinajstić information content (AvgIpc) is 3.29. The van der Waals surface area contributed by atoms with Crippen LogP contribution in [0.15, 0.2) is 48.8 Å². The summed E-state index contributed by atoms with van der Waals surface area (Å²) < 4.78 is 17.8. The summed E-state index contributed by atoms with van der Waals surface area (Å²) >= 11 is 0. The van der Waals surface area contributed by atoms with Gasteiger partial charge in [-0.25, -0.2) is 9.67 Å². The first-order valence-electron chi connectivity index (χ1n) is 7.97. The molecule has 0 saturated carbocycles. The number of nitrogens with zero attached hydrogens (tertiary/aromatic N) is 3. The zero-order chi connectivity index (χ0) is 17.9. The molecule has 2 aromatic carbocycles. The Morgan fingerprint density at radius 2 is 1.96 bits per heavy atom. The van der Waals surface area contributed by atoms with Crippen LogP contribution in [0.1, 0.15) is 5.56 Å². The molecule has 3 aromatic rings. The highest BCUT2D eigenvalue weighted by Gasteiger charge is 2.14. The molecule has 1 aliphatic rings. The van der Waals surface area contributed by atoms with Gasteiger partial charge in [0.2, 0.25) is 6.79 Å². The minimum Gasteiger partial charge on any atom is -0.484 e. The van der Waals surface area contributed by atoms with Crippen molar-refractivity contribution in [1.82, 2.24) is 14.8 Å². The Morgan fingerprint density at radius 1 is 1.15 bits per heavy atom. The van der Waals surface area contributed by atoms with E-state index in [1.807, 2.05) is 30.3 Å². The zero-order valence-electron chi connectivity index (χ0n) is 13.8. The molecule has 0 bridgehead atoms. The van der Waals surface area contributed by atoms with Crippen LogP contribution in [0.2, 0.25) is 0 Å². The van der Waals surface area contributed by atoms with Crippen molar-refractivity contribution in [3.63, 3.8) is 0 Å². The minimum absolute atomic E-state index is 0.153. The Hall–Kier alpha value is -3.55. The third-order valence-electron chi connectivity index (χ3n) is 3.88. The van der Waals surface area contributed by atoms with Crippen molar-refractivity contribution in [2.45, 2.75) is 6.54 Å². The molecular formula is C18H16N4O4. The Morgan fingerprint density at radius 3 is 2.77 bits per heavy atom. The maximum absolute atomic E-state index is 10.8. The van der Waals surface area contributed by atoms with E-state index in [2.05, 4.69) is 10.1 Å². The number of amides is 1. The fourth-order valence-electron chi connectivity index (χ4n) is 2.67. The number of carbonyl (C=O) groups is 1. The molecule has 1 amide bonds. The van der Waals surface area contributed by atoms with Gasteiger partial charge in [-0.15, -0.1) is 0 Å².